The number of methoxy groups -OCH3 is 1. The second-order valence-corrected chi connectivity index (χ2v) is 6.17. The number of benzene rings is 1. The van der Waals surface area contributed by atoms with Crippen LogP contribution in [-0.2, 0) is 18.3 Å². The third-order valence-electron chi connectivity index (χ3n) is 4.52. The van der Waals surface area contributed by atoms with Gasteiger partial charge in [-0.15, -0.1) is 5.10 Å². The van der Waals surface area contributed by atoms with E-state index < -0.39 is 0 Å². The molecule has 3 heterocycles. The average Bonchev–Trinajstić information content (AvgIpc) is 3.31. The molecule has 0 radical (unpaired) electrons. The van der Waals surface area contributed by atoms with E-state index in [0.29, 0.717) is 6.61 Å². The highest BCUT2D eigenvalue weighted by molar-refractivity contribution is 5.38. The molecule has 1 atom stereocenters. The second-order valence-electron chi connectivity index (χ2n) is 6.17. The summed E-state index contributed by atoms with van der Waals surface area (Å²) in [5.41, 5.74) is 1.06. The summed E-state index contributed by atoms with van der Waals surface area (Å²) in [6, 6.07) is 7.95. The van der Waals surface area contributed by atoms with E-state index in [1.165, 1.54) is 0 Å². The Hall–Kier alpha value is -2.78. The zero-order valence-corrected chi connectivity index (χ0v) is 14.8. The molecule has 1 aliphatic rings. The number of morpholine rings is 1. The van der Waals surface area contributed by atoms with Gasteiger partial charge < -0.3 is 14.0 Å². The molecule has 26 heavy (non-hydrogen) atoms. The third kappa shape index (κ3) is 3.31. The van der Waals surface area contributed by atoms with E-state index in [0.717, 1.165) is 42.7 Å². The fourth-order valence-electron chi connectivity index (χ4n) is 3.14. The predicted molar refractivity (Wildman–Crippen MR) is 92.9 cm³/mol. The lowest BCUT2D eigenvalue weighted by Gasteiger charge is -2.31. The lowest BCUT2D eigenvalue weighted by Crippen LogP contribution is -2.39. The Morgan fingerprint density at radius 2 is 2.12 bits per heavy atom. The quantitative estimate of drug-likeness (QED) is 0.674. The van der Waals surface area contributed by atoms with Gasteiger partial charge in [0.25, 0.3) is 0 Å². The van der Waals surface area contributed by atoms with Crippen LogP contribution in [0.4, 0.5) is 0 Å². The van der Waals surface area contributed by atoms with Crippen LogP contribution >= 0.6 is 0 Å². The molecule has 1 fully saturated rings. The third-order valence-corrected chi connectivity index (χ3v) is 4.52. The number of rotatable bonds is 5. The zero-order chi connectivity index (χ0) is 17.9. The highest BCUT2D eigenvalue weighted by atomic mass is 16.5. The Labute approximate surface area is 151 Å². The van der Waals surface area contributed by atoms with Gasteiger partial charge in [-0.3, -0.25) is 4.90 Å². The van der Waals surface area contributed by atoms with Crippen molar-refractivity contribution in [3.05, 3.63) is 48.3 Å². The van der Waals surface area contributed by atoms with Crippen LogP contribution in [0.25, 0.3) is 5.69 Å². The Morgan fingerprint density at radius 3 is 2.85 bits per heavy atom. The van der Waals surface area contributed by atoms with Crippen LogP contribution in [0, 0.1) is 0 Å². The molecular formula is C17H21N7O2. The molecule has 1 aliphatic heterocycles. The number of tetrazole rings is 1. The standard InChI is InChI=1S/C17H21N7O2/c1-22-17(19-20-21-22)15-11-23(9-10-26-15)12-16-18-7-8-24(16)13-3-5-14(25-2)6-4-13/h3-8,15H,9-12H2,1-2H3. The van der Waals surface area contributed by atoms with Gasteiger partial charge in [-0.05, 0) is 34.7 Å². The van der Waals surface area contributed by atoms with Crippen molar-refractivity contribution < 1.29 is 9.47 Å². The van der Waals surface area contributed by atoms with Crippen LogP contribution in [0.5, 0.6) is 5.75 Å². The lowest BCUT2D eigenvalue weighted by molar-refractivity contribution is -0.0397. The van der Waals surface area contributed by atoms with Crippen molar-refractivity contribution in [1.82, 2.24) is 34.7 Å². The molecule has 136 valence electrons. The number of ether oxygens (including phenoxy) is 2. The number of imidazole rings is 1. The summed E-state index contributed by atoms with van der Waals surface area (Å²) >= 11 is 0. The van der Waals surface area contributed by atoms with Gasteiger partial charge in [-0.25, -0.2) is 9.67 Å². The van der Waals surface area contributed by atoms with Crippen LogP contribution in [0.2, 0.25) is 0 Å². The van der Waals surface area contributed by atoms with Crippen LogP contribution in [0.3, 0.4) is 0 Å². The summed E-state index contributed by atoms with van der Waals surface area (Å²) in [6.07, 6.45) is 3.67. The van der Waals surface area contributed by atoms with Crippen molar-refractivity contribution in [2.24, 2.45) is 7.05 Å². The van der Waals surface area contributed by atoms with Gasteiger partial charge in [-0.2, -0.15) is 0 Å². The Kier molecular flexibility index (Phi) is 4.63. The average molecular weight is 355 g/mol. The Morgan fingerprint density at radius 1 is 1.27 bits per heavy atom. The van der Waals surface area contributed by atoms with Crippen molar-refractivity contribution in [3.8, 4) is 11.4 Å². The van der Waals surface area contributed by atoms with Crippen LogP contribution < -0.4 is 4.74 Å². The number of aryl methyl sites for hydroxylation is 1. The number of hydrogen-bond donors (Lipinski definition) is 0. The molecule has 1 aromatic carbocycles. The maximum absolute atomic E-state index is 5.85. The summed E-state index contributed by atoms with van der Waals surface area (Å²) in [6.45, 7) is 2.94. The number of aromatic nitrogens is 6. The smallest absolute Gasteiger partial charge is 0.181 e. The topological polar surface area (TPSA) is 83.1 Å². The molecule has 1 unspecified atom stereocenters. The summed E-state index contributed by atoms with van der Waals surface area (Å²) in [5, 5.41) is 11.7. The largest absolute Gasteiger partial charge is 0.497 e. The van der Waals surface area contributed by atoms with E-state index in [1.807, 2.05) is 43.7 Å². The van der Waals surface area contributed by atoms with Crippen LogP contribution in [0.15, 0.2) is 36.7 Å². The van der Waals surface area contributed by atoms with Crippen molar-refractivity contribution in [2.75, 3.05) is 26.8 Å². The molecule has 0 spiro atoms. The molecule has 0 N–H and O–H groups in total. The fraction of sp³-hybridized carbons (Fsp3) is 0.412. The molecule has 9 nitrogen and oxygen atoms in total. The van der Waals surface area contributed by atoms with Gasteiger partial charge in [0.2, 0.25) is 0 Å². The fourth-order valence-corrected chi connectivity index (χ4v) is 3.14. The van der Waals surface area contributed by atoms with Gasteiger partial charge in [0, 0.05) is 38.2 Å². The van der Waals surface area contributed by atoms with Crippen LogP contribution in [0.1, 0.15) is 17.8 Å². The van der Waals surface area contributed by atoms with Crippen molar-refractivity contribution >= 4 is 0 Å². The Bertz CT molecular complexity index is 858. The zero-order valence-electron chi connectivity index (χ0n) is 14.8. The second kappa shape index (κ2) is 7.22. The SMILES string of the molecule is COc1ccc(-n2ccnc2CN2CCOC(c3nnnn3C)C2)cc1. The molecule has 3 aromatic rings. The molecule has 0 aliphatic carbocycles. The minimum atomic E-state index is -0.131. The highest BCUT2D eigenvalue weighted by Gasteiger charge is 2.26. The number of hydrogen-bond acceptors (Lipinski definition) is 7. The molecule has 1 saturated heterocycles. The molecule has 0 saturated carbocycles. The maximum atomic E-state index is 5.85. The van der Waals surface area contributed by atoms with E-state index in [9.17, 15) is 0 Å². The summed E-state index contributed by atoms with van der Waals surface area (Å²) in [7, 11) is 3.49. The van der Waals surface area contributed by atoms with E-state index in [4.69, 9.17) is 9.47 Å². The number of nitrogens with zero attached hydrogens (tertiary/aromatic N) is 7. The first kappa shape index (κ1) is 16.7. The van der Waals surface area contributed by atoms with Gasteiger partial charge in [-0.1, -0.05) is 0 Å². The van der Waals surface area contributed by atoms with Gasteiger partial charge >= 0.3 is 0 Å². The molecule has 4 rings (SSSR count). The minimum Gasteiger partial charge on any atom is -0.497 e. The Balaban J connectivity index is 1.49. The summed E-state index contributed by atoms with van der Waals surface area (Å²) in [4.78, 5) is 6.85. The van der Waals surface area contributed by atoms with Crippen molar-refractivity contribution in [3.63, 3.8) is 0 Å². The predicted octanol–water partition coefficient (Wildman–Crippen LogP) is 0.978. The first-order valence-corrected chi connectivity index (χ1v) is 8.47. The maximum Gasteiger partial charge on any atom is 0.181 e. The molecule has 2 aromatic heterocycles. The molecule has 9 heteroatoms. The first-order chi connectivity index (χ1) is 12.7. The van der Waals surface area contributed by atoms with Gasteiger partial charge in [0.15, 0.2) is 5.82 Å². The van der Waals surface area contributed by atoms with Crippen molar-refractivity contribution in [2.45, 2.75) is 12.6 Å². The van der Waals surface area contributed by atoms with E-state index in [1.54, 1.807) is 11.8 Å². The summed E-state index contributed by atoms with van der Waals surface area (Å²) < 4.78 is 14.8. The lowest BCUT2D eigenvalue weighted by atomic mass is 10.2. The van der Waals surface area contributed by atoms with E-state index in [2.05, 4.69) is 30.0 Å². The monoisotopic (exact) mass is 355 g/mol. The first-order valence-electron chi connectivity index (χ1n) is 8.47. The summed E-state index contributed by atoms with van der Waals surface area (Å²) in [5.74, 6) is 2.56. The van der Waals surface area contributed by atoms with E-state index in [-0.39, 0.29) is 6.10 Å². The molecular weight excluding hydrogens is 334 g/mol. The minimum absolute atomic E-state index is 0.131. The molecule has 0 amide bonds. The van der Waals surface area contributed by atoms with Crippen molar-refractivity contribution in [1.29, 1.82) is 0 Å². The van der Waals surface area contributed by atoms with Gasteiger partial charge in [0.1, 0.15) is 17.7 Å². The van der Waals surface area contributed by atoms with Gasteiger partial charge in [0.05, 0.1) is 20.3 Å². The molecule has 0 bridgehead atoms. The highest BCUT2D eigenvalue weighted by Crippen LogP contribution is 2.22. The normalized spacial score (nSPS) is 18.2. The van der Waals surface area contributed by atoms with Crippen LogP contribution in [-0.4, -0.2) is 61.5 Å². The van der Waals surface area contributed by atoms with E-state index >= 15 is 0 Å².